The van der Waals surface area contributed by atoms with Crippen LogP contribution >= 0.6 is 11.5 Å². The minimum absolute atomic E-state index is 0.0352. The first-order valence-electron chi connectivity index (χ1n) is 4.84. The van der Waals surface area contributed by atoms with Gasteiger partial charge in [0, 0.05) is 11.5 Å². The highest BCUT2D eigenvalue weighted by Crippen LogP contribution is 2.28. The van der Waals surface area contributed by atoms with E-state index in [9.17, 15) is 14.9 Å². The van der Waals surface area contributed by atoms with E-state index in [1.54, 1.807) is 0 Å². The Balaban J connectivity index is 2.38. The lowest BCUT2D eigenvalue weighted by molar-refractivity contribution is -0.384. The Morgan fingerprint density at radius 1 is 1.47 bits per heavy atom. The number of benzene rings is 1. The van der Waals surface area contributed by atoms with Gasteiger partial charge in [0.05, 0.1) is 4.92 Å². The standard InChI is InChI=1S/C8H7N7O3S/c9-11-5-3-1-2-4(6(5)15(17)18)7(16)10-8-12-13-14-19-8/h1-3,11H,9H2,(H,10,12,14,16). The quantitative estimate of drug-likeness (QED) is 0.413. The number of nitrogens with two attached hydrogens (primary N) is 1. The van der Waals surface area contributed by atoms with Gasteiger partial charge in [0.1, 0.15) is 11.3 Å². The van der Waals surface area contributed by atoms with Crippen molar-refractivity contribution in [2.24, 2.45) is 5.84 Å². The van der Waals surface area contributed by atoms with Crippen molar-refractivity contribution in [3.05, 3.63) is 33.9 Å². The molecule has 2 aromatic rings. The SMILES string of the molecule is NNc1cccc(C(=O)Nc2nnns2)c1[N+](=O)[O-]. The first kappa shape index (κ1) is 12.8. The molecular weight excluding hydrogens is 274 g/mol. The lowest BCUT2D eigenvalue weighted by atomic mass is 10.1. The van der Waals surface area contributed by atoms with Crippen LogP contribution in [0.15, 0.2) is 18.2 Å². The number of carbonyl (C=O) groups excluding carboxylic acids is 1. The number of hydrogen-bond donors (Lipinski definition) is 3. The van der Waals surface area contributed by atoms with Gasteiger partial charge in [0.25, 0.3) is 5.91 Å². The fraction of sp³-hybridized carbons (Fsp3) is 0. The number of nitrogens with one attached hydrogen (secondary N) is 2. The predicted octanol–water partition coefficient (Wildman–Crippen LogP) is 0.379. The van der Waals surface area contributed by atoms with E-state index in [1.807, 2.05) is 0 Å². The van der Waals surface area contributed by atoms with E-state index in [2.05, 4.69) is 25.5 Å². The number of nitro benzene ring substituents is 1. The van der Waals surface area contributed by atoms with Crippen LogP contribution in [0.4, 0.5) is 16.5 Å². The van der Waals surface area contributed by atoms with Crippen molar-refractivity contribution in [3.8, 4) is 0 Å². The minimum atomic E-state index is -0.692. The summed E-state index contributed by atoms with van der Waals surface area (Å²) in [5, 5.41) is 20.3. The lowest BCUT2D eigenvalue weighted by Gasteiger charge is -2.06. The van der Waals surface area contributed by atoms with Crippen LogP contribution in [0.1, 0.15) is 10.4 Å². The van der Waals surface area contributed by atoms with E-state index >= 15 is 0 Å². The number of hydrazine groups is 1. The molecule has 2 rings (SSSR count). The molecule has 0 atom stereocenters. The largest absolute Gasteiger partial charge is 0.318 e. The maximum atomic E-state index is 11.9. The molecule has 10 nitrogen and oxygen atoms in total. The molecule has 0 radical (unpaired) electrons. The molecule has 1 heterocycles. The fourth-order valence-electron chi connectivity index (χ4n) is 1.39. The summed E-state index contributed by atoms with van der Waals surface area (Å²) in [5.74, 6) is 4.48. The van der Waals surface area contributed by atoms with Crippen molar-refractivity contribution in [1.82, 2.24) is 14.8 Å². The van der Waals surface area contributed by atoms with Crippen molar-refractivity contribution in [3.63, 3.8) is 0 Å². The highest BCUT2D eigenvalue weighted by molar-refractivity contribution is 7.09. The smallest absolute Gasteiger partial charge is 0.306 e. The van der Waals surface area contributed by atoms with Crippen LogP contribution in [-0.2, 0) is 0 Å². The van der Waals surface area contributed by atoms with Gasteiger partial charge in [-0.05, 0) is 17.3 Å². The molecule has 1 amide bonds. The molecule has 0 aliphatic carbocycles. The summed E-state index contributed by atoms with van der Waals surface area (Å²) >= 11 is 0.856. The van der Waals surface area contributed by atoms with Crippen LogP contribution < -0.4 is 16.6 Å². The summed E-state index contributed by atoms with van der Waals surface area (Å²) in [6, 6.07) is 4.17. The average molecular weight is 281 g/mol. The third-order valence-corrected chi connectivity index (χ3v) is 2.65. The summed E-state index contributed by atoms with van der Waals surface area (Å²) in [4.78, 5) is 22.2. The monoisotopic (exact) mass is 281 g/mol. The van der Waals surface area contributed by atoms with Crippen molar-refractivity contribution >= 4 is 33.9 Å². The Hall–Kier alpha value is -2.66. The summed E-state index contributed by atoms with van der Waals surface area (Å²) in [6.07, 6.45) is 0. The second-order valence-electron chi connectivity index (χ2n) is 3.22. The predicted molar refractivity (Wildman–Crippen MR) is 66.6 cm³/mol. The molecule has 0 saturated heterocycles. The van der Waals surface area contributed by atoms with Gasteiger partial charge in [-0.15, -0.1) is 0 Å². The number of nitrogen functional groups attached to an aromatic ring is 1. The van der Waals surface area contributed by atoms with Crippen LogP contribution in [0.25, 0.3) is 0 Å². The normalized spacial score (nSPS) is 9.95. The number of amides is 1. The average Bonchev–Trinajstić information content (AvgIpc) is 2.90. The van der Waals surface area contributed by atoms with Gasteiger partial charge in [0.15, 0.2) is 0 Å². The fourth-order valence-corrected chi connectivity index (χ4v) is 1.75. The molecule has 0 bridgehead atoms. The molecule has 1 aromatic carbocycles. The Kier molecular flexibility index (Phi) is 3.58. The summed E-state index contributed by atoms with van der Waals surface area (Å²) < 4.78 is 3.46. The van der Waals surface area contributed by atoms with Crippen molar-refractivity contribution in [2.45, 2.75) is 0 Å². The van der Waals surface area contributed by atoms with E-state index in [4.69, 9.17) is 5.84 Å². The van der Waals surface area contributed by atoms with Crippen LogP contribution in [-0.4, -0.2) is 25.6 Å². The van der Waals surface area contributed by atoms with Crippen LogP contribution in [0, 0.1) is 10.1 Å². The molecule has 0 aliphatic rings. The number of nitro groups is 1. The number of carbonyl (C=O) groups is 1. The van der Waals surface area contributed by atoms with Crippen LogP contribution in [0.5, 0.6) is 0 Å². The maximum absolute atomic E-state index is 11.9. The van der Waals surface area contributed by atoms with E-state index in [-0.39, 0.29) is 16.4 Å². The van der Waals surface area contributed by atoms with Gasteiger partial charge >= 0.3 is 5.69 Å². The van der Waals surface area contributed by atoms with Gasteiger partial charge in [-0.25, -0.2) is 0 Å². The van der Waals surface area contributed by atoms with E-state index in [1.165, 1.54) is 18.2 Å². The van der Waals surface area contributed by atoms with Crippen molar-refractivity contribution in [2.75, 3.05) is 10.7 Å². The lowest BCUT2D eigenvalue weighted by Crippen LogP contribution is -2.16. The number of aromatic nitrogens is 3. The molecule has 11 heteroatoms. The van der Waals surface area contributed by atoms with E-state index in [0.29, 0.717) is 0 Å². The maximum Gasteiger partial charge on any atom is 0.306 e. The number of nitrogens with zero attached hydrogens (tertiary/aromatic N) is 4. The Labute approximate surface area is 109 Å². The van der Waals surface area contributed by atoms with Crippen molar-refractivity contribution in [1.29, 1.82) is 0 Å². The molecule has 4 N–H and O–H groups in total. The second-order valence-corrected chi connectivity index (χ2v) is 3.96. The first-order valence-corrected chi connectivity index (χ1v) is 5.61. The zero-order valence-corrected chi connectivity index (χ0v) is 10.0. The summed E-state index contributed by atoms with van der Waals surface area (Å²) in [7, 11) is 0. The number of anilines is 2. The van der Waals surface area contributed by atoms with Crippen molar-refractivity contribution < 1.29 is 9.72 Å². The topological polar surface area (TPSA) is 149 Å². The van der Waals surface area contributed by atoms with Crippen LogP contribution in [0.3, 0.4) is 0 Å². The zero-order chi connectivity index (χ0) is 13.8. The number of rotatable bonds is 4. The molecule has 0 saturated carbocycles. The van der Waals surface area contributed by atoms with E-state index < -0.39 is 16.5 Å². The Morgan fingerprint density at radius 3 is 2.84 bits per heavy atom. The number of para-hydroxylation sites is 1. The van der Waals surface area contributed by atoms with Gasteiger partial charge in [0.2, 0.25) is 5.13 Å². The molecule has 1 aromatic heterocycles. The third kappa shape index (κ3) is 2.61. The molecule has 19 heavy (non-hydrogen) atoms. The van der Waals surface area contributed by atoms with Gasteiger partial charge in [-0.2, -0.15) is 0 Å². The molecule has 0 spiro atoms. The summed E-state index contributed by atoms with van der Waals surface area (Å²) in [5.41, 5.74) is 1.65. The third-order valence-electron chi connectivity index (χ3n) is 2.14. The minimum Gasteiger partial charge on any atom is -0.318 e. The van der Waals surface area contributed by atoms with E-state index in [0.717, 1.165) is 11.5 Å². The number of hydrogen-bond acceptors (Lipinski definition) is 9. The molecular formula is C8H7N7O3S. The van der Waals surface area contributed by atoms with Gasteiger partial charge in [-0.1, -0.05) is 15.7 Å². The Morgan fingerprint density at radius 2 is 2.26 bits per heavy atom. The van der Waals surface area contributed by atoms with Gasteiger partial charge < -0.3 is 5.43 Å². The molecule has 0 aliphatic heterocycles. The molecule has 98 valence electrons. The second kappa shape index (κ2) is 5.32. The highest BCUT2D eigenvalue weighted by Gasteiger charge is 2.24. The summed E-state index contributed by atoms with van der Waals surface area (Å²) in [6.45, 7) is 0. The highest BCUT2D eigenvalue weighted by atomic mass is 32.1. The van der Waals surface area contributed by atoms with Gasteiger partial charge in [-0.3, -0.25) is 26.1 Å². The molecule has 0 unspecified atom stereocenters. The van der Waals surface area contributed by atoms with Crippen LogP contribution in [0.2, 0.25) is 0 Å². The molecule has 0 fully saturated rings. The Bertz CT molecular complexity index is 615. The first-order chi connectivity index (χ1) is 9.13. The zero-order valence-electron chi connectivity index (χ0n) is 9.23.